The Labute approximate surface area is 200 Å². The molecule has 3 aromatic heterocycles. The third-order valence-corrected chi connectivity index (χ3v) is 7.38. The number of aryl methyl sites for hydroxylation is 2. The summed E-state index contributed by atoms with van der Waals surface area (Å²) in [7, 11) is 0. The largest absolute Gasteiger partial charge is 0.390 e. The Balaban J connectivity index is 1.72. The van der Waals surface area contributed by atoms with Gasteiger partial charge in [-0.3, -0.25) is 4.98 Å². The lowest BCUT2D eigenvalue weighted by atomic mass is 9.89. The fourth-order valence-corrected chi connectivity index (χ4v) is 5.50. The second-order valence-electron chi connectivity index (χ2n) is 11.0. The van der Waals surface area contributed by atoms with Gasteiger partial charge in [-0.1, -0.05) is 20.8 Å². The minimum Gasteiger partial charge on any atom is -0.390 e. The first kappa shape index (κ1) is 23.8. The standard InChI is InChI=1S/C25H36N6OS/c1-14-19(22-30-20-15(2)26-11-10-18(20)33-22)21(31-23(28-14)27-13-24(3,4)5)29-17-9-8-16(12-17)25(6,7)32/h10-11,16-17,32H,8-9,12-13H2,1-7H3,(H2,27,28,29,31). The summed E-state index contributed by atoms with van der Waals surface area (Å²) in [6, 6.07) is 2.26. The Bertz CT molecular complexity index is 1140. The summed E-state index contributed by atoms with van der Waals surface area (Å²) in [5.41, 5.74) is 3.15. The highest BCUT2D eigenvalue weighted by molar-refractivity contribution is 7.21. The first-order valence-corrected chi connectivity index (χ1v) is 12.6. The third-order valence-electron chi connectivity index (χ3n) is 6.34. The molecule has 3 N–H and O–H groups in total. The molecular formula is C25H36N6OS. The molecule has 0 spiro atoms. The molecule has 1 fully saturated rings. The van der Waals surface area contributed by atoms with E-state index in [1.165, 1.54) is 0 Å². The van der Waals surface area contributed by atoms with Crippen LogP contribution in [-0.4, -0.2) is 43.2 Å². The molecular weight excluding hydrogens is 432 g/mol. The summed E-state index contributed by atoms with van der Waals surface area (Å²) in [4.78, 5) is 19.0. The highest BCUT2D eigenvalue weighted by Gasteiger charge is 2.35. The average molecular weight is 469 g/mol. The van der Waals surface area contributed by atoms with Crippen molar-refractivity contribution in [2.45, 2.75) is 79.4 Å². The van der Waals surface area contributed by atoms with E-state index in [-0.39, 0.29) is 17.4 Å². The Morgan fingerprint density at radius 3 is 2.45 bits per heavy atom. The summed E-state index contributed by atoms with van der Waals surface area (Å²) in [5.74, 6) is 1.71. The molecule has 1 aliphatic rings. The van der Waals surface area contributed by atoms with Crippen LogP contribution in [0.3, 0.4) is 0 Å². The number of thiazole rings is 1. The second-order valence-corrected chi connectivity index (χ2v) is 12.1. The van der Waals surface area contributed by atoms with Gasteiger partial charge < -0.3 is 15.7 Å². The molecule has 2 atom stereocenters. The maximum Gasteiger partial charge on any atom is 0.224 e. The number of pyridine rings is 1. The van der Waals surface area contributed by atoms with Gasteiger partial charge in [-0.25, -0.2) is 9.97 Å². The molecule has 2 unspecified atom stereocenters. The first-order valence-electron chi connectivity index (χ1n) is 11.7. The zero-order valence-electron chi connectivity index (χ0n) is 20.8. The molecule has 0 radical (unpaired) electrons. The number of nitrogens with zero attached hydrogens (tertiary/aromatic N) is 4. The molecule has 0 amide bonds. The van der Waals surface area contributed by atoms with Crippen molar-refractivity contribution in [3.05, 3.63) is 23.7 Å². The van der Waals surface area contributed by atoms with E-state index in [2.05, 4.69) is 36.4 Å². The van der Waals surface area contributed by atoms with Crippen molar-refractivity contribution in [2.75, 3.05) is 17.2 Å². The van der Waals surface area contributed by atoms with Gasteiger partial charge in [0.1, 0.15) is 16.3 Å². The van der Waals surface area contributed by atoms with Gasteiger partial charge in [0.2, 0.25) is 5.95 Å². The van der Waals surface area contributed by atoms with Crippen molar-refractivity contribution in [1.29, 1.82) is 0 Å². The smallest absolute Gasteiger partial charge is 0.224 e. The van der Waals surface area contributed by atoms with Gasteiger partial charge in [-0.2, -0.15) is 4.98 Å². The van der Waals surface area contributed by atoms with Crippen molar-refractivity contribution in [3.63, 3.8) is 0 Å². The molecule has 178 valence electrons. The van der Waals surface area contributed by atoms with E-state index in [9.17, 15) is 5.11 Å². The summed E-state index contributed by atoms with van der Waals surface area (Å²) >= 11 is 1.65. The van der Waals surface area contributed by atoms with Crippen molar-refractivity contribution >= 4 is 33.3 Å². The minimum absolute atomic E-state index is 0.118. The maximum absolute atomic E-state index is 10.5. The van der Waals surface area contributed by atoms with E-state index in [4.69, 9.17) is 15.0 Å². The summed E-state index contributed by atoms with van der Waals surface area (Å²) in [5, 5.41) is 18.5. The molecule has 1 saturated carbocycles. The SMILES string of the molecule is Cc1nc(NCC(C)(C)C)nc(NC2CCC(C(C)(C)O)C2)c1-c1nc2c(C)nccc2s1. The number of hydrogen-bond donors (Lipinski definition) is 3. The van der Waals surface area contributed by atoms with Crippen LogP contribution in [0.4, 0.5) is 11.8 Å². The molecule has 0 aromatic carbocycles. The van der Waals surface area contributed by atoms with Crippen LogP contribution in [0.15, 0.2) is 12.3 Å². The lowest BCUT2D eigenvalue weighted by Crippen LogP contribution is -2.30. The van der Waals surface area contributed by atoms with Crippen LogP contribution in [0.25, 0.3) is 20.8 Å². The normalized spacial score (nSPS) is 19.3. The highest BCUT2D eigenvalue weighted by Crippen LogP contribution is 2.40. The number of hydrogen-bond acceptors (Lipinski definition) is 8. The van der Waals surface area contributed by atoms with Crippen LogP contribution in [0.5, 0.6) is 0 Å². The summed E-state index contributed by atoms with van der Waals surface area (Å²) in [6.07, 6.45) is 4.75. The molecule has 4 rings (SSSR count). The van der Waals surface area contributed by atoms with Crippen LogP contribution in [0.2, 0.25) is 0 Å². The fourth-order valence-electron chi connectivity index (χ4n) is 4.39. The monoisotopic (exact) mass is 468 g/mol. The predicted molar refractivity (Wildman–Crippen MR) is 137 cm³/mol. The predicted octanol–water partition coefficient (Wildman–Crippen LogP) is 5.57. The van der Waals surface area contributed by atoms with Crippen LogP contribution in [0, 0.1) is 25.2 Å². The molecule has 3 aromatic rings. The Morgan fingerprint density at radius 1 is 1.06 bits per heavy atom. The number of fused-ring (bicyclic) bond motifs is 1. The minimum atomic E-state index is -0.669. The van der Waals surface area contributed by atoms with E-state index >= 15 is 0 Å². The van der Waals surface area contributed by atoms with Gasteiger partial charge in [-0.05, 0) is 64.4 Å². The lowest BCUT2D eigenvalue weighted by Gasteiger charge is -2.26. The van der Waals surface area contributed by atoms with Crippen molar-refractivity contribution in [1.82, 2.24) is 19.9 Å². The van der Waals surface area contributed by atoms with Crippen LogP contribution in [0.1, 0.15) is 65.3 Å². The van der Waals surface area contributed by atoms with Gasteiger partial charge in [0.15, 0.2) is 0 Å². The van der Waals surface area contributed by atoms with Crippen LogP contribution in [-0.2, 0) is 0 Å². The maximum atomic E-state index is 10.5. The van der Waals surface area contributed by atoms with Gasteiger partial charge in [0.25, 0.3) is 0 Å². The molecule has 3 heterocycles. The number of nitrogens with one attached hydrogen (secondary N) is 2. The summed E-state index contributed by atoms with van der Waals surface area (Å²) in [6.45, 7) is 15.2. The third kappa shape index (κ3) is 5.44. The fraction of sp³-hybridized carbons (Fsp3) is 0.600. The lowest BCUT2D eigenvalue weighted by molar-refractivity contribution is 0.0197. The summed E-state index contributed by atoms with van der Waals surface area (Å²) < 4.78 is 1.11. The molecule has 0 aliphatic heterocycles. The van der Waals surface area contributed by atoms with E-state index in [1.807, 2.05) is 40.0 Å². The Hall–Kier alpha value is -2.32. The van der Waals surface area contributed by atoms with Gasteiger partial charge in [-0.15, -0.1) is 11.3 Å². The molecule has 7 nitrogen and oxygen atoms in total. The topological polar surface area (TPSA) is 95.9 Å². The number of rotatable bonds is 6. The van der Waals surface area contributed by atoms with Gasteiger partial charge in [0.05, 0.1) is 27.3 Å². The van der Waals surface area contributed by atoms with Crippen molar-refractivity contribution in [2.24, 2.45) is 11.3 Å². The quantitative estimate of drug-likeness (QED) is 0.435. The zero-order chi connectivity index (χ0) is 24.0. The van der Waals surface area contributed by atoms with E-state index in [1.54, 1.807) is 11.3 Å². The number of anilines is 2. The Kier molecular flexibility index (Phi) is 6.35. The van der Waals surface area contributed by atoms with E-state index in [0.29, 0.717) is 5.95 Å². The molecule has 33 heavy (non-hydrogen) atoms. The molecule has 0 saturated heterocycles. The zero-order valence-corrected chi connectivity index (χ0v) is 21.6. The van der Waals surface area contributed by atoms with Crippen molar-refractivity contribution in [3.8, 4) is 10.6 Å². The number of aliphatic hydroxyl groups is 1. The highest BCUT2D eigenvalue weighted by atomic mass is 32.1. The van der Waals surface area contributed by atoms with Crippen LogP contribution >= 0.6 is 11.3 Å². The van der Waals surface area contributed by atoms with E-state index < -0.39 is 5.60 Å². The number of aromatic nitrogens is 4. The average Bonchev–Trinajstić information content (AvgIpc) is 3.33. The molecule has 0 bridgehead atoms. The van der Waals surface area contributed by atoms with Crippen molar-refractivity contribution < 1.29 is 5.11 Å². The first-order chi connectivity index (χ1) is 15.4. The molecule has 1 aliphatic carbocycles. The Morgan fingerprint density at radius 2 is 1.82 bits per heavy atom. The van der Waals surface area contributed by atoms with E-state index in [0.717, 1.165) is 63.8 Å². The van der Waals surface area contributed by atoms with Gasteiger partial charge in [0, 0.05) is 18.8 Å². The molecule has 8 heteroatoms. The van der Waals surface area contributed by atoms with Gasteiger partial charge >= 0.3 is 0 Å². The second kappa shape index (κ2) is 8.80. The van der Waals surface area contributed by atoms with Crippen LogP contribution < -0.4 is 10.6 Å².